The van der Waals surface area contributed by atoms with Crippen LogP contribution in [0.25, 0.3) is 0 Å². The van der Waals surface area contributed by atoms with Gasteiger partial charge in [-0.05, 0) is 37.1 Å². The fourth-order valence-corrected chi connectivity index (χ4v) is 2.80. The lowest BCUT2D eigenvalue weighted by molar-refractivity contribution is -0.130. The SMILES string of the molecule is CC(=O)N1CCC[C@H](c2nccnc2Oc2ccc(F)cc2)C1. The Morgan fingerprint density at radius 2 is 2.00 bits per heavy atom. The van der Waals surface area contributed by atoms with Gasteiger partial charge in [0, 0.05) is 38.3 Å². The van der Waals surface area contributed by atoms with Crippen molar-refractivity contribution in [1.29, 1.82) is 0 Å². The van der Waals surface area contributed by atoms with Crippen LogP contribution < -0.4 is 4.74 Å². The Morgan fingerprint density at radius 3 is 2.74 bits per heavy atom. The summed E-state index contributed by atoms with van der Waals surface area (Å²) in [5.41, 5.74) is 0.739. The van der Waals surface area contributed by atoms with Crippen LogP contribution in [-0.4, -0.2) is 33.9 Å². The second-order valence-corrected chi connectivity index (χ2v) is 5.61. The van der Waals surface area contributed by atoms with Crippen molar-refractivity contribution in [2.24, 2.45) is 0 Å². The van der Waals surface area contributed by atoms with E-state index in [1.54, 1.807) is 31.5 Å². The molecule has 5 nitrogen and oxygen atoms in total. The summed E-state index contributed by atoms with van der Waals surface area (Å²) < 4.78 is 18.8. The predicted molar refractivity (Wildman–Crippen MR) is 82.7 cm³/mol. The Kier molecular flexibility index (Phi) is 4.50. The van der Waals surface area contributed by atoms with Crippen LogP contribution in [0.5, 0.6) is 11.6 Å². The van der Waals surface area contributed by atoms with E-state index < -0.39 is 0 Å². The summed E-state index contributed by atoms with van der Waals surface area (Å²) in [4.78, 5) is 22.1. The normalized spacial score (nSPS) is 17.8. The number of rotatable bonds is 3. The summed E-state index contributed by atoms with van der Waals surface area (Å²) in [5.74, 6) is 0.763. The smallest absolute Gasteiger partial charge is 0.241 e. The van der Waals surface area contributed by atoms with Crippen molar-refractivity contribution in [1.82, 2.24) is 14.9 Å². The van der Waals surface area contributed by atoms with Gasteiger partial charge in [-0.3, -0.25) is 9.78 Å². The largest absolute Gasteiger partial charge is 0.437 e. The molecule has 0 spiro atoms. The number of halogens is 1. The van der Waals surface area contributed by atoms with Gasteiger partial charge in [0.1, 0.15) is 17.3 Å². The molecule has 1 fully saturated rings. The van der Waals surface area contributed by atoms with Gasteiger partial charge in [-0.1, -0.05) is 0 Å². The second-order valence-electron chi connectivity index (χ2n) is 5.61. The first-order valence-electron chi connectivity index (χ1n) is 7.63. The van der Waals surface area contributed by atoms with E-state index in [2.05, 4.69) is 9.97 Å². The maximum atomic E-state index is 13.0. The Labute approximate surface area is 134 Å². The third-order valence-corrected chi connectivity index (χ3v) is 3.97. The van der Waals surface area contributed by atoms with Crippen LogP contribution in [0.1, 0.15) is 31.4 Å². The quantitative estimate of drug-likeness (QED) is 0.873. The van der Waals surface area contributed by atoms with Crippen molar-refractivity contribution in [2.75, 3.05) is 13.1 Å². The molecular weight excluding hydrogens is 297 g/mol. The topological polar surface area (TPSA) is 55.3 Å². The molecule has 0 N–H and O–H groups in total. The van der Waals surface area contributed by atoms with Gasteiger partial charge in [0.15, 0.2) is 0 Å². The van der Waals surface area contributed by atoms with Crippen molar-refractivity contribution in [2.45, 2.75) is 25.7 Å². The van der Waals surface area contributed by atoms with Crippen LogP contribution in [-0.2, 0) is 4.79 Å². The van der Waals surface area contributed by atoms with Gasteiger partial charge in [-0.2, -0.15) is 0 Å². The predicted octanol–water partition coefficient (Wildman–Crippen LogP) is 3.13. The van der Waals surface area contributed by atoms with Crippen LogP contribution in [0.2, 0.25) is 0 Å². The average Bonchev–Trinajstić information content (AvgIpc) is 2.57. The molecular formula is C17H18FN3O2. The summed E-state index contributed by atoms with van der Waals surface area (Å²) >= 11 is 0. The molecule has 1 aromatic carbocycles. The van der Waals surface area contributed by atoms with E-state index in [1.807, 2.05) is 4.90 Å². The minimum atomic E-state index is -0.318. The van der Waals surface area contributed by atoms with Crippen molar-refractivity contribution in [3.05, 3.63) is 48.2 Å². The number of carbonyl (C=O) groups excluding carboxylic acids is 1. The lowest BCUT2D eigenvalue weighted by Gasteiger charge is -2.32. The molecule has 2 heterocycles. The highest BCUT2D eigenvalue weighted by Gasteiger charge is 2.27. The molecule has 1 atom stereocenters. The molecule has 0 radical (unpaired) electrons. The number of piperidine rings is 1. The fraction of sp³-hybridized carbons (Fsp3) is 0.353. The number of hydrogen-bond acceptors (Lipinski definition) is 4. The highest BCUT2D eigenvalue weighted by molar-refractivity contribution is 5.73. The summed E-state index contributed by atoms with van der Waals surface area (Å²) in [7, 11) is 0. The molecule has 1 saturated heterocycles. The zero-order valence-corrected chi connectivity index (χ0v) is 12.9. The molecule has 1 aliphatic heterocycles. The fourth-order valence-electron chi connectivity index (χ4n) is 2.80. The molecule has 3 rings (SSSR count). The molecule has 1 amide bonds. The number of likely N-dealkylation sites (tertiary alicyclic amines) is 1. The maximum absolute atomic E-state index is 13.0. The molecule has 0 unspecified atom stereocenters. The van der Waals surface area contributed by atoms with Gasteiger partial charge >= 0.3 is 0 Å². The highest BCUT2D eigenvalue weighted by atomic mass is 19.1. The Hall–Kier alpha value is -2.50. The minimum absolute atomic E-state index is 0.0691. The van der Waals surface area contributed by atoms with Crippen LogP contribution in [0.3, 0.4) is 0 Å². The first kappa shape index (κ1) is 15.4. The van der Waals surface area contributed by atoms with E-state index in [-0.39, 0.29) is 17.6 Å². The number of nitrogens with zero attached hydrogens (tertiary/aromatic N) is 3. The Balaban J connectivity index is 1.82. The molecule has 0 bridgehead atoms. The van der Waals surface area contributed by atoms with Crippen LogP contribution in [0.4, 0.5) is 4.39 Å². The lowest BCUT2D eigenvalue weighted by Crippen LogP contribution is -2.38. The molecule has 0 aliphatic carbocycles. The molecule has 6 heteroatoms. The number of carbonyl (C=O) groups is 1. The number of amides is 1. The number of benzene rings is 1. The van der Waals surface area contributed by atoms with Crippen molar-refractivity contribution in [3.63, 3.8) is 0 Å². The van der Waals surface area contributed by atoms with Gasteiger partial charge in [0.05, 0.1) is 0 Å². The third-order valence-electron chi connectivity index (χ3n) is 3.97. The van der Waals surface area contributed by atoms with E-state index in [1.165, 1.54) is 12.1 Å². The molecule has 0 saturated carbocycles. The monoisotopic (exact) mass is 315 g/mol. The molecule has 1 aromatic heterocycles. The number of ether oxygens (including phenoxy) is 1. The first-order valence-corrected chi connectivity index (χ1v) is 7.63. The van der Waals surface area contributed by atoms with Gasteiger partial charge in [-0.25, -0.2) is 9.37 Å². The Morgan fingerprint density at radius 1 is 1.26 bits per heavy atom. The summed E-state index contributed by atoms with van der Waals surface area (Å²) in [5, 5.41) is 0. The second kappa shape index (κ2) is 6.73. The summed E-state index contributed by atoms with van der Waals surface area (Å²) in [6.07, 6.45) is 5.05. The molecule has 2 aromatic rings. The average molecular weight is 315 g/mol. The summed E-state index contributed by atoms with van der Waals surface area (Å²) in [6, 6.07) is 5.78. The van der Waals surface area contributed by atoms with Crippen molar-refractivity contribution < 1.29 is 13.9 Å². The van der Waals surface area contributed by atoms with Crippen molar-refractivity contribution in [3.8, 4) is 11.6 Å². The molecule has 1 aliphatic rings. The van der Waals surface area contributed by atoms with Crippen LogP contribution >= 0.6 is 0 Å². The highest BCUT2D eigenvalue weighted by Crippen LogP contribution is 2.32. The molecule has 120 valence electrons. The van der Waals surface area contributed by atoms with E-state index in [9.17, 15) is 9.18 Å². The van der Waals surface area contributed by atoms with Gasteiger partial charge < -0.3 is 9.64 Å². The first-order chi connectivity index (χ1) is 11.1. The number of hydrogen-bond donors (Lipinski definition) is 0. The van der Waals surface area contributed by atoms with Crippen LogP contribution in [0, 0.1) is 5.82 Å². The minimum Gasteiger partial charge on any atom is -0.437 e. The van der Waals surface area contributed by atoms with Crippen molar-refractivity contribution >= 4 is 5.91 Å². The van der Waals surface area contributed by atoms with Crippen LogP contribution in [0.15, 0.2) is 36.7 Å². The lowest BCUT2D eigenvalue weighted by atomic mass is 9.94. The zero-order chi connectivity index (χ0) is 16.2. The maximum Gasteiger partial charge on any atom is 0.241 e. The Bertz CT molecular complexity index is 690. The van der Waals surface area contributed by atoms with Gasteiger partial charge in [0.25, 0.3) is 0 Å². The van der Waals surface area contributed by atoms with Gasteiger partial charge in [0.2, 0.25) is 11.8 Å². The van der Waals surface area contributed by atoms with Gasteiger partial charge in [-0.15, -0.1) is 0 Å². The van der Waals surface area contributed by atoms with E-state index in [4.69, 9.17) is 4.74 Å². The summed E-state index contributed by atoms with van der Waals surface area (Å²) in [6.45, 7) is 2.98. The standard InChI is InChI=1S/C17H18FN3O2/c1-12(22)21-10-2-3-13(11-21)16-17(20-9-8-19-16)23-15-6-4-14(18)5-7-15/h4-9,13H,2-3,10-11H2,1H3/t13-/m0/s1. The van der Waals surface area contributed by atoms with E-state index >= 15 is 0 Å². The zero-order valence-electron chi connectivity index (χ0n) is 12.9. The third kappa shape index (κ3) is 3.64. The number of aromatic nitrogens is 2. The van der Waals surface area contributed by atoms with E-state index in [0.717, 1.165) is 25.1 Å². The molecule has 23 heavy (non-hydrogen) atoms. The van der Waals surface area contributed by atoms with E-state index in [0.29, 0.717) is 18.2 Å².